The van der Waals surface area contributed by atoms with Crippen molar-refractivity contribution in [1.29, 1.82) is 0 Å². The predicted molar refractivity (Wildman–Crippen MR) is 131 cm³/mol. The molecule has 0 aliphatic carbocycles. The minimum atomic E-state index is -0.302. The van der Waals surface area contributed by atoms with Gasteiger partial charge in [-0.05, 0) is 58.4 Å². The topological polar surface area (TPSA) is 83.9 Å². The lowest BCUT2D eigenvalue weighted by Gasteiger charge is -2.14. The van der Waals surface area contributed by atoms with Gasteiger partial charge in [0.15, 0.2) is 5.78 Å². The number of carbonyl (C=O) groups excluding carboxylic acids is 2. The van der Waals surface area contributed by atoms with Gasteiger partial charge in [-0.1, -0.05) is 12.1 Å². The first-order valence-electron chi connectivity index (χ1n) is 10.4. The van der Waals surface area contributed by atoms with Crippen molar-refractivity contribution in [2.75, 3.05) is 32.6 Å². The number of hydrogen-bond acceptors (Lipinski definition) is 6. The number of anilines is 1. The van der Waals surface area contributed by atoms with Crippen molar-refractivity contribution in [3.63, 3.8) is 0 Å². The molecule has 7 nitrogen and oxygen atoms in total. The van der Waals surface area contributed by atoms with Crippen LogP contribution in [0.5, 0.6) is 5.75 Å². The van der Waals surface area contributed by atoms with Crippen molar-refractivity contribution in [3.05, 3.63) is 87.7 Å². The fourth-order valence-electron chi connectivity index (χ4n) is 3.57. The Kier molecular flexibility index (Phi) is 6.84. The van der Waals surface area contributed by atoms with E-state index in [0.717, 1.165) is 29.0 Å². The van der Waals surface area contributed by atoms with Gasteiger partial charge in [0.25, 0.3) is 5.91 Å². The Morgan fingerprint density at radius 2 is 1.91 bits per heavy atom. The number of ketones is 1. The zero-order valence-corrected chi connectivity index (χ0v) is 19.9. The van der Waals surface area contributed by atoms with Crippen LogP contribution in [0.1, 0.15) is 32.0 Å². The second-order valence-electron chi connectivity index (χ2n) is 7.64. The number of Topliss-reactive ketones (excluding diaryl/α,β-unsaturated/α-hetero) is 1. The Labute approximate surface area is 200 Å². The molecule has 2 aromatic carbocycles. The van der Waals surface area contributed by atoms with Crippen molar-refractivity contribution in [3.8, 4) is 5.75 Å². The number of aliphatic imine (C=N–C) groups is 1. The summed E-state index contributed by atoms with van der Waals surface area (Å²) in [7, 11) is 3.53. The van der Waals surface area contributed by atoms with Crippen LogP contribution >= 0.6 is 15.9 Å². The van der Waals surface area contributed by atoms with E-state index in [1.807, 2.05) is 25.2 Å². The summed E-state index contributed by atoms with van der Waals surface area (Å²) >= 11 is 3.34. The summed E-state index contributed by atoms with van der Waals surface area (Å²) in [5.41, 5.74) is 2.88. The number of nitrogens with zero attached hydrogens (tertiary/aromatic N) is 3. The lowest BCUT2D eigenvalue weighted by molar-refractivity contribution is 0.0992. The van der Waals surface area contributed by atoms with Gasteiger partial charge in [-0.15, -0.1) is 0 Å². The summed E-state index contributed by atoms with van der Waals surface area (Å²) in [5, 5.41) is 2.87. The number of likely N-dealkylation sites (N-methyl/N-ethyl adjacent to an activating group) is 1. The van der Waals surface area contributed by atoms with Crippen molar-refractivity contribution in [2.24, 2.45) is 4.99 Å². The largest absolute Gasteiger partial charge is 0.497 e. The van der Waals surface area contributed by atoms with Gasteiger partial charge in [-0.3, -0.25) is 19.6 Å². The second-order valence-corrected chi connectivity index (χ2v) is 8.55. The fourth-order valence-corrected chi connectivity index (χ4v) is 3.80. The van der Waals surface area contributed by atoms with Gasteiger partial charge in [0, 0.05) is 46.6 Å². The molecule has 0 saturated carbocycles. The second kappa shape index (κ2) is 9.95. The van der Waals surface area contributed by atoms with Gasteiger partial charge in [-0.25, -0.2) is 0 Å². The molecular formula is C25H23BrN4O3. The van der Waals surface area contributed by atoms with Crippen LogP contribution in [0, 0.1) is 0 Å². The average Bonchev–Trinajstić information content (AvgIpc) is 3.26. The molecule has 0 radical (unpaired) electrons. The summed E-state index contributed by atoms with van der Waals surface area (Å²) in [6, 6.07) is 15.9. The molecular weight excluding hydrogens is 484 g/mol. The lowest BCUT2D eigenvalue weighted by Crippen LogP contribution is -2.23. The van der Waals surface area contributed by atoms with E-state index in [2.05, 4.69) is 36.1 Å². The number of ether oxygens (including phenoxy) is 1. The molecule has 1 amide bonds. The molecule has 3 aromatic rings. The highest BCUT2D eigenvalue weighted by Crippen LogP contribution is 2.25. The molecule has 0 bridgehead atoms. The molecule has 1 aliphatic heterocycles. The van der Waals surface area contributed by atoms with Crippen LogP contribution in [0.25, 0.3) is 0 Å². The van der Waals surface area contributed by atoms with Gasteiger partial charge < -0.3 is 15.0 Å². The molecule has 8 heteroatoms. The van der Waals surface area contributed by atoms with Gasteiger partial charge in [-0.2, -0.15) is 0 Å². The van der Waals surface area contributed by atoms with Crippen molar-refractivity contribution in [1.82, 2.24) is 9.88 Å². The monoisotopic (exact) mass is 506 g/mol. The maximum Gasteiger partial charge on any atom is 0.255 e. The van der Waals surface area contributed by atoms with Crippen LogP contribution in [0.4, 0.5) is 5.69 Å². The maximum absolute atomic E-state index is 13.1. The van der Waals surface area contributed by atoms with E-state index in [1.54, 1.807) is 42.6 Å². The lowest BCUT2D eigenvalue weighted by atomic mass is 10.0. The Balaban J connectivity index is 1.54. The highest BCUT2D eigenvalue weighted by atomic mass is 79.9. The normalized spacial score (nSPS) is 12.9. The molecule has 0 spiro atoms. The number of hydrogen-bond donors (Lipinski definition) is 1. The van der Waals surface area contributed by atoms with Gasteiger partial charge >= 0.3 is 0 Å². The van der Waals surface area contributed by atoms with Crippen molar-refractivity contribution in [2.45, 2.75) is 6.42 Å². The van der Waals surface area contributed by atoms with E-state index < -0.39 is 0 Å². The van der Waals surface area contributed by atoms with E-state index in [9.17, 15) is 9.59 Å². The van der Waals surface area contributed by atoms with Crippen LogP contribution in [0.3, 0.4) is 0 Å². The number of aromatic nitrogens is 1. The predicted octanol–water partition coefficient (Wildman–Crippen LogP) is 4.22. The van der Waals surface area contributed by atoms with E-state index in [0.29, 0.717) is 28.3 Å². The Morgan fingerprint density at radius 1 is 1.12 bits per heavy atom. The fraction of sp³-hybridized carbons (Fsp3) is 0.200. The van der Waals surface area contributed by atoms with E-state index in [4.69, 9.17) is 4.74 Å². The minimum absolute atomic E-state index is 0.105. The summed E-state index contributed by atoms with van der Waals surface area (Å²) in [6.07, 6.45) is 1.75. The Morgan fingerprint density at radius 3 is 2.55 bits per heavy atom. The zero-order valence-electron chi connectivity index (χ0n) is 18.3. The third kappa shape index (κ3) is 5.28. The van der Waals surface area contributed by atoms with Gasteiger partial charge in [0.05, 0.1) is 25.8 Å². The maximum atomic E-state index is 13.1. The molecule has 0 unspecified atom stereocenters. The Bertz CT molecular complexity index is 1210. The van der Waals surface area contributed by atoms with E-state index in [-0.39, 0.29) is 18.1 Å². The average molecular weight is 507 g/mol. The number of halogens is 1. The first kappa shape index (κ1) is 22.7. The smallest absolute Gasteiger partial charge is 0.255 e. The number of rotatable bonds is 7. The molecule has 2 heterocycles. The Hall–Kier alpha value is -3.52. The van der Waals surface area contributed by atoms with Crippen LogP contribution in [0.2, 0.25) is 0 Å². The molecule has 0 atom stereocenters. The molecule has 1 aliphatic rings. The van der Waals surface area contributed by atoms with Gasteiger partial charge in [0.1, 0.15) is 11.6 Å². The SMILES string of the molecule is COc1ccc(NC(=O)c2ccc(C3=NCCN3C)cc2)c(C(=O)Cc2ccc(Br)cn2)c1. The third-order valence-corrected chi connectivity index (χ3v) is 5.84. The summed E-state index contributed by atoms with van der Waals surface area (Å²) < 4.78 is 6.12. The first-order valence-corrected chi connectivity index (χ1v) is 11.2. The number of nitrogens with one attached hydrogen (secondary N) is 1. The third-order valence-electron chi connectivity index (χ3n) is 5.37. The number of methoxy groups -OCH3 is 1. The minimum Gasteiger partial charge on any atom is -0.497 e. The number of pyridine rings is 1. The van der Waals surface area contributed by atoms with Crippen molar-refractivity contribution >= 4 is 39.1 Å². The molecule has 168 valence electrons. The molecule has 0 fully saturated rings. The number of amides is 1. The van der Waals surface area contributed by atoms with E-state index >= 15 is 0 Å². The molecule has 1 N–H and O–H groups in total. The molecule has 33 heavy (non-hydrogen) atoms. The summed E-state index contributed by atoms with van der Waals surface area (Å²) in [5.74, 6) is 0.985. The zero-order chi connectivity index (χ0) is 23.4. The van der Waals surface area contributed by atoms with Crippen molar-refractivity contribution < 1.29 is 14.3 Å². The molecule has 1 aromatic heterocycles. The van der Waals surface area contributed by atoms with Crippen LogP contribution in [-0.4, -0.2) is 54.7 Å². The van der Waals surface area contributed by atoms with Crippen LogP contribution in [0.15, 0.2) is 70.3 Å². The standard InChI is InChI=1S/C25H23BrN4O3/c1-30-12-11-27-24(30)16-3-5-17(6-4-16)25(32)29-22-10-9-20(33-2)14-21(22)23(31)13-19-8-7-18(26)15-28-19/h3-10,14-15H,11-13H2,1-2H3,(H,29,32). The quantitative estimate of drug-likeness (QED) is 0.485. The number of benzene rings is 2. The first-order chi connectivity index (χ1) is 15.9. The van der Waals surface area contributed by atoms with Crippen LogP contribution < -0.4 is 10.1 Å². The number of carbonyl (C=O) groups is 2. The number of amidine groups is 1. The highest BCUT2D eigenvalue weighted by molar-refractivity contribution is 9.10. The molecule has 0 saturated heterocycles. The summed E-state index contributed by atoms with van der Waals surface area (Å²) in [6.45, 7) is 1.67. The molecule has 4 rings (SSSR count). The van der Waals surface area contributed by atoms with Gasteiger partial charge in [0.2, 0.25) is 0 Å². The van der Waals surface area contributed by atoms with Crippen LogP contribution in [-0.2, 0) is 6.42 Å². The van der Waals surface area contributed by atoms with E-state index in [1.165, 1.54) is 7.11 Å². The highest BCUT2D eigenvalue weighted by Gasteiger charge is 2.18. The summed E-state index contributed by atoms with van der Waals surface area (Å²) in [4.78, 5) is 36.8.